The molecule has 2 aliphatic rings. The highest BCUT2D eigenvalue weighted by molar-refractivity contribution is 6.24. The second-order valence-corrected chi connectivity index (χ2v) is 7.61. The molecule has 156 valence electrons. The first-order valence-corrected chi connectivity index (χ1v) is 9.74. The van der Waals surface area contributed by atoms with Crippen LogP contribution in [0.25, 0.3) is 0 Å². The Morgan fingerprint density at radius 2 is 2.03 bits per heavy atom. The molecule has 9 nitrogen and oxygen atoms in total. The summed E-state index contributed by atoms with van der Waals surface area (Å²) in [7, 11) is 0. The summed E-state index contributed by atoms with van der Waals surface area (Å²) in [6.07, 6.45) is 2.09. The van der Waals surface area contributed by atoms with Gasteiger partial charge in [-0.1, -0.05) is 6.07 Å². The molecule has 0 saturated carbocycles. The van der Waals surface area contributed by atoms with Crippen molar-refractivity contribution in [2.75, 3.05) is 13.2 Å². The molecule has 2 amide bonds. The van der Waals surface area contributed by atoms with Gasteiger partial charge in [0, 0.05) is 36.2 Å². The van der Waals surface area contributed by atoms with Gasteiger partial charge in [-0.15, -0.1) is 0 Å². The molecule has 0 radical (unpaired) electrons. The molecule has 1 aromatic carbocycles. The van der Waals surface area contributed by atoms with Crippen molar-refractivity contribution in [1.29, 1.82) is 0 Å². The van der Waals surface area contributed by atoms with Crippen LogP contribution in [0.5, 0.6) is 0 Å². The lowest BCUT2D eigenvalue weighted by atomic mass is 10.1. The molecule has 3 heterocycles. The van der Waals surface area contributed by atoms with Gasteiger partial charge in [-0.2, -0.15) is 0 Å². The molecule has 0 aliphatic carbocycles. The Morgan fingerprint density at radius 3 is 2.70 bits per heavy atom. The van der Waals surface area contributed by atoms with Gasteiger partial charge in [-0.25, -0.2) is 0 Å². The van der Waals surface area contributed by atoms with Crippen molar-refractivity contribution >= 4 is 23.3 Å². The number of ether oxygens (including phenoxy) is 1. The number of aryl methyl sites for hydroxylation is 1. The predicted molar refractivity (Wildman–Crippen MR) is 106 cm³/mol. The number of aromatic nitrogens is 1. The molecule has 2 aliphatic heterocycles. The smallest absolute Gasteiger partial charge is 0.282 e. The van der Waals surface area contributed by atoms with Crippen LogP contribution in [0.2, 0.25) is 0 Å². The Morgan fingerprint density at radius 1 is 1.27 bits per heavy atom. The molecule has 2 aromatic rings. The van der Waals surface area contributed by atoms with E-state index in [0.717, 1.165) is 35.7 Å². The second-order valence-electron chi connectivity index (χ2n) is 7.61. The van der Waals surface area contributed by atoms with E-state index in [1.165, 1.54) is 18.2 Å². The van der Waals surface area contributed by atoms with E-state index in [-0.39, 0.29) is 23.0 Å². The summed E-state index contributed by atoms with van der Waals surface area (Å²) < 4.78 is 7.69. The van der Waals surface area contributed by atoms with Crippen molar-refractivity contribution in [1.82, 2.24) is 9.47 Å². The number of hydrogen-bond acceptors (Lipinski definition) is 6. The minimum atomic E-state index is -0.816. The number of rotatable bonds is 6. The molecule has 0 unspecified atom stereocenters. The van der Waals surface area contributed by atoms with Crippen LogP contribution in [0.1, 0.15) is 55.3 Å². The highest BCUT2D eigenvalue weighted by Crippen LogP contribution is 2.31. The Labute approximate surface area is 172 Å². The van der Waals surface area contributed by atoms with Crippen LogP contribution in [0.4, 0.5) is 5.69 Å². The normalized spacial score (nSPS) is 18.2. The Hall–Kier alpha value is -3.33. The molecule has 0 N–H and O–H groups in total. The summed E-state index contributed by atoms with van der Waals surface area (Å²) in [4.78, 5) is 49.6. The molecule has 0 spiro atoms. The molecule has 1 atom stereocenters. The Kier molecular flexibility index (Phi) is 4.98. The number of nitro groups is 1. The van der Waals surface area contributed by atoms with E-state index in [2.05, 4.69) is 0 Å². The van der Waals surface area contributed by atoms with Gasteiger partial charge in [0.25, 0.3) is 17.5 Å². The molecular formula is C21H21N3O6. The summed E-state index contributed by atoms with van der Waals surface area (Å²) in [6, 6.07) is 5.63. The minimum Gasteiger partial charge on any atom is -0.376 e. The van der Waals surface area contributed by atoms with Crippen LogP contribution in [0.15, 0.2) is 24.3 Å². The first-order valence-electron chi connectivity index (χ1n) is 9.74. The molecule has 1 fully saturated rings. The lowest BCUT2D eigenvalue weighted by molar-refractivity contribution is -0.385. The Bertz CT molecular complexity index is 1080. The maximum absolute atomic E-state index is 13.0. The van der Waals surface area contributed by atoms with Gasteiger partial charge >= 0.3 is 0 Å². The van der Waals surface area contributed by atoms with E-state index >= 15 is 0 Å². The second kappa shape index (κ2) is 7.49. The van der Waals surface area contributed by atoms with Gasteiger partial charge in [0.2, 0.25) is 0 Å². The maximum atomic E-state index is 13.0. The number of carbonyl (C=O) groups excluding carboxylic acids is 3. The van der Waals surface area contributed by atoms with E-state index in [4.69, 9.17) is 4.74 Å². The quantitative estimate of drug-likeness (QED) is 0.313. The lowest BCUT2D eigenvalue weighted by Crippen LogP contribution is -2.35. The molecule has 4 rings (SSSR count). The number of hydrogen-bond donors (Lipinski definition) is 0. The number of Topliss-reactive ketones (excluding diaryl/α,β-unsaturated/α-hetero) is 1. The number of carbonyl (C=O) groups is 3. The standard InChI is InChI=1S/C21H21N3O6/c1-12-9-16(13(2)22(12)10-14-5-4-8-30-14)18(25)11-23-20(26)15-6-3-7-17(24(28)29)19(15)21(23)27/h3,6-7,9,14H,4-5,8,10-11H2,1-2H3/t14-/m0/s1. The number of benzene rings is 1. The van der Waals surface area contributed by atoms with Gasteiger partial charge in [0.05, 0.1) is 23.1 Å². The van der Waals surface area contributed by atoms with Crippen LogP contribution in [0, 0.1) is 24.0 Å². The van der Waals surface area contributed by atoms with Crippen LogP contribution >= 0.6 is 0 Å². The third-order valence-electron chi connectivity index (χ3n) is 5.76. The van der Waals surface area contributed by atoms with Crippen LogP contribution < -0.4 is 0 Å². The fraction of sp³-hybridized carbons (Fsp3) is 0.381. The average Bonchev–Trinajstić information content (AvgIpc) is 3.39. The van der Waals surface area contributed by atoms with Crippen molar-refractivity contribution < 1.29 is 24.0 Å². The predicted octanol–water partition coefficient (Wildman–Crippen LogP) is 2.67. The SMILES string of the molecule is Cc1cc(C(=O)CN2C(=O)c3cccc([N+](=O)[O-])c3C2=O)c(C)n1C[C@@H]1CCCO1. The largest absolute Gasteiger partial charge is 0.376 e. The average molecular weight is 411 g/mol. The van der Waals surface area contributed by atoms with Gasteiger partial charge in [0.15, 0.2) is 5.78 Å². The van der Waals surface area contributed by atoms with Crippen molar-refractivity contribution in [3.63, 3.8) is 0 Å². The third kappa shape index (κ3) is 3.21. The lowest BCUT2D eigenvalue weighted by Gasteiger charge is -2.15. The number of fused-ring (bicyclic) bond motifs is 1. The van der Waals surface area contributed by atoms with E-state index in [1.807, 2.05) is 18.4 Å². The Balaban J connectivity index is 1.58. The van der Waals surface area contributed by atoms with Gasteiger partial charge in [-0.3, -0.25) is 29.4 Å². The molecule has 0 bridgehead atoms. The van der Waals surface area contributed by atoms with Crippen molar-refractivity contribution in [2.45, 2.75) is 39.3 Å². The van der Waals surface area contributed by atoms with E-state index in [0.29, 0.717) is 12.1 Å². The number of nitro benzene ring substituents is 1. The minimum absolute atomic E-state index is 0.0501. The highest BCUT2D eigenvalue weighted by atomic mass is 16.6. The number of nitrogens with zero attached hydrogens (tertiary/aromatic N) is 3. The number of amides is 2. The molecule has 1 aromatic heterocycles. The van der Waals surface area contributed by atoms with E-state index < -0.39 is 29.0 Å². The van der Waals surface area contributed by atoms with Crippen molar-refractivity contribution in [3.8, 4) is 0 Å². The topological polar surface area (TPSA) is 112 Å². The van der Waals surface area contributed by atoms with E-state index in [9.17, 15) is 24.5 Å². The monoisotopic (exact) mass is 411 g/mol. The summed E-state index contributed by atoms with van der Waals surface area (Å²) >= 11 is 0. The zero-order valence-electron chi connectivity index (χ0n) is 16.7. The van der Waals surface area contributed by atoms with Gasteiger partial charge < -0.3 is 9.30 Å². The number of ketones is 1. The third-order valence-corrected chi connectivity index (χ3v) is 5.76. The highest BCUT2D eigenvalue weighted by Gasteiger charge is 2.42. The molecule has 1 saturated heterocycles. The molecule has 9 heteroatoms. The van der Waals surface area contributed by atoms with Crippen molar-refractivity contribution in [2.24, 2.45) is 0 Å². The van der Waals surface area contributed by atoms with Gasteiger partial charge in [-0.05, 0) is 38.8 Å². The fourth-order valence-electron chi connectivity index (χ4n) is 4.20. The van der Waals surface area contributed by atoms with Crippen molar-refractivity contribution in [3.05, 3.63) is 62.5 Å². The first-order chi connectivity index (χ1) is 14.3. The summed E-state index contributed by atoms with van der Waals surface area (Å²) in [5.41, 5.74) is 1.32. The maximum Gasteiger partial charge on any atom is 0.282 e. The summed E-state index contributed by atoms with van der Waals surface area (Å²) in [6.45, 7) is 4.63. The van der Waals surface area contributed by atoms with E-state index in [1.54, 1.807) is 6.07 Å². The summed E-state index contributed by atoms with van der Waals surface area (Å²) in [5, 5.41) is 11.2. The van der Waals surface area contributed by atoms with Crippen LogP contribution in [0.3, 0.4) is 0 Å². The van der Waals surface area contributed by atoms with Gasteiger partial charge in [0.1, 0.15) is 5.56 Å². The van der Waals surface area contributed by atoms with Crippen LogP contribution in [-0.2, 0) is 11.3 Å². The first kappa shape index (κ1) is 20.0. The van der Waals surface area contributed by atoms with Crippen LogP contribution in [-0.4, -0.2) is 51.2 Å². The molecular weight excluding hydrogens is 390 g/mol. The molecule has 30 heavy (non-hydrogen) atoms. The number of imide groups is 1. The summed E-state index contributed by atoms with van der Waals surface area (Å²) in [5.74, 6) is -1.90. The fourth-order valence-corrected chi connectivity index (χ4v) is 4.20. The zero-order chi connectivity index (χ0) is 21.6. The zero-order valence-corrected chi connectivity index (χ0v) is 16.7.